The van der Waals surface area contributed by atoms with Crippen LogP contribution in [0.15, 0.2) is 0 Å². The van der Waals surface area contributed by atoms with Crippen molar-refractivity contribution in [3.63, 3.8) is 0 Å². The molecule has 2 aliphatic carbocycles. The summed E-state index contributed by atoms with van der Waals surface area (Å²) in [5.74, 6) is 0.771. The van der Waals surface area contributed by atoms with Crippen molar-refractivity contribution in [2.24, 2.45) is 11.7 Å². The van der Waals surface area contributed by atoms with Crippen LogP contribution in [0, 0.1) is 5.92 Å². The number of carbonyl (C=O) groups is 1. The zero-order chi connectivity index (χ0) is 13.9. The van der Waals surface area contributed by atoms with Crippen molar-refractivity contribution >= 4 is 6.03 Å². The summed E-state index contributed by atoms with van der Waals surface area (Å²) in [7, 11) is 0. The number of carbonyl (C=O) groups excluding carboxylic acids is 1. The first-order chi connectivity index (χ1) is 9.11. The van der Waals surface area contributed by atoms with Gasteiger partial charge in [0.15, 0.2) is 0 Å². The third-order valence-corrected chi connectivity index (χ3v) is 5.15. The van der Waals surface area contributed by atoms with Crippen LogP contribution >= 0.6 is 0 Å². The van der Waals surface area contributed by atoms with Crippen LogP contribution in [-0.4, -0.2) is 35.6 Å². The van der Waals surface area contributed by atoms with E-state index in [2.05, 4.69) is 19.2 Å². The number of nitrogens with two attached hydrogens (primary N) is 1. The van der Waals surface area contributed by atoms with Crippen molar-refractivity contribution in [3.8, 4) is 0 Å². The van der Waals surface area contributed by atoms with Crippen molar-refractivity contribution in [1.82, 2.24) is 10.2 Å². The first-order valence-corrected chi connectivity index (χ1v) is 7.89. The molecule has 2 amide bonds. The van der Waals surface area contributed by atoms with Gasteiger partial charge in [0.1, 0.15) is 0 Å². The molecule has 0 radical (unpaired) electrons. The van der Waals surface area contributed by atoms with E-state index in [0.29, 0.717) is 12.6 Å². The van der Waals surface area contributed by atoms with Gasteiger partial charge in [-0.15, -0.1) is 0 Å². The van der Waals surface area contributed by atoms with Crippen LogP contribution < -0.4 is 11.1 Å². The minimum atomic E-state index is -0.102. The number of nitrogens with one attached hydrogen (secondary N) is 1. The Kier molecular flexibility index (Phi) is 4.71. The first kappa shape index (κ1) is 14.6. The van der Waals surface area contributed by atoms with Crippen LogP contribution in [0.2, 0.25) is 0 Å². The van der Waals surface area contributed by atoms with Crippen LogP contribution in [0.25, 0.3) is 0 Å². The van der Waals surface area contributed by atoms with Gasteiger partial charge >= 0.3 is 6.03 Å². The molecule has 0 heterocycles. The van der Waals surface area contributed by atoms with E-state index in [1.165, 1.54) is 19.3 Å². The number of nitrogens with zero attached hydrogens (tertiary/aromatic N) is 1. The van der Waals surface area contributed by atoms with Crippen molar-refractivity contribution < 1.29 is 4.79 Å². The first-order valence-electron chi connectivity index (χ1n) is 7.89. The largest absolute Gasteiger partial charge is 0.335 e. The highest BCUT2D eigenvalue weighted by atomic mass is 16.2. The molecule has 4 nitrogen and oxygen atoms in total. The fraction of sp³-hybridized carbons (Fsp3) is 0.933. The molecule has 2 saturated carbocycles. The third-order valence-electron chi connectivity index (χ3n) is 5.15. The maximum Gasteiger partial charge on any atom is 0.318 e. The van der Waals surface area contributed by atoms with Gasteiger partial charge in [-0.2, -0.15) is 0 Å². The van der Waals surface area contributed by atoms with Crippen molar-refractivity contribution in [2.75, 3.05) is 13.1 Å². The lowest BCUT2D eigenvalue weighted by Gasteiger charge is -2.47. The number of hydrogen-bond donors (Lipinski definition) is 2. The Labute approximate surface area is 117 Å². The standard InChI is InChI=1S/C15H29N3O/c1-3-18(14(19)17-13-5-4-6-13)15(11-16)9-7-12(2)8-10-15/h12-13H,3-11,16H2,1-2H3,(H,17,19). The van der Waals surface area contributed by atoms with E-state index >= 15 is 0 Å². The lowest BCUT2D eigenvalue weighted by molar-refractivity contribution is 0.0717. The molecule has 0 aromatic rings. The Morgan fingerprint density at radius 3 is 2.37 bits per heavy atom. The monoisotopic (exact) mass is 267 g/mol. The molecular weight excluding hydrogens is 238 g/mol. The third kappa shape index (κ3) is 3.04. The summed E-state index contributed by atoms with van der Waals surface area (Å²) in [5, 5.41) is 3.17. The fourth-order valence-corrected chi connectivity index (χ4v) is 3.38. The Balaban J connectivity index is 2.02. The average molecular weight is 267 g/mol. The fourth-order valence-electron chi connectivity index (χ4n) is 3.38. The highest BCUT2D eigenvalue weighted by molar-refractivity contribution is 5.75. The van der Waals surface area contributed by atoms with Gasteiger partial charge in [-0.1, -0.05) is 6.92 Å². The molecule has 2 rings (SSSR count). The molecule has 2 aliphatic rings. The van der Waals surface area contributed by atoms with Gasteiger partial charge in [0.25, 0.3) is 0 Å². The zero-order valence-electron chi connectivity index (χ0n) is 12.5. The highest BCUT2D eigenvalue weighted by Gasteiger charge is 2.40. The summed E-state index contributed by atoms with van der Waals surface area (Å²) in [6, 6.07) is 0.506. The van der Waals surface area contributed by atoms with E-state index in [0.717, 1.165) is 38.1 Å². The van der Waals surface area contributed by atoms with Crippen LogP contribution in [0.3, 0.4) is 0 Å². The van der Waals surface area contributed by atoms with Crippen LogP contribution in [-0.2, 0) is 0 Å². The molecule has 110 valence electrons. The van der Waals surface area contributed by atoms with E-state index in [9.17, 15) is 4.79 Å². The number of amides is 2. The van der Waals surface area contributed by atoms with Crippen LogP contribution in [0.4, 0.5) is 4.79 Å². The minimum absolute atomic E-state index is 0.102. The molecule has 0 aromatic carbocycles. The lowest BCUT2D eigenvalue weighted by atomic mass is 9.76. The average Bonchev–Trinajstić information content (AvgIpc) is 2.37. The van der Waals surface area contributed by atoms with Crippen LogP contribution in [0.5, 0.6) is 0 Å². The van der Waals surface area contributed by atoms with E-state index < -0.39 is 0 Å². The molecule has 4 heteroatoms. The Bertz CT molecular complexity index is 307. The van der Waals surface area contributed by atoms with E-state index in [1.54, 1.807) is 0 Å². The van der Waals surface area contributed by atoms with Gasteiger partial charge in [-0.25, -0.2) is 4.79 Å². The predicted octanol–water partition coefficient (Wildman–Crippen LogP) is 2.48. The molecule has 0 aliphatic heterocycles. The van der Waals surface area contributed by atoms with Gasteiger partial charge in [-0.05, 0) is 57.8 Å². The number of rotatable bonds is 4. The molecule has 0 saturated heterocycles. The molecule has 0 bridgehead atoms. The molecule has 0 aromatic heterocycles. The Morgan fingerprint density at radius 2 is 1.95 bits per heavy atom. The molecule has 0 unspecified atom stereocenters. The molecule has 19 heavy (non-hydrogen) atoms. The summed E-state index contributed by atoms with van der Waals surface area (Å²) in [6.45, 7) is 5.71. The Morgan fingerprint density at radius 1 is 1.32 bits per heavy atom. The SMILES string of the molecule is CCN(C(=O)NC1CCC1)C1(CN)CCC(C)CC1. The molecule has 3 N–H and O–H groups in total. The smallest absolute Gasteiger partial charge is 0.318 e. The van der Waals surface area contributed by atoms with Gasteiger partial charge in [0.2, 0.25) is 0 Å². The van der Waals surface area contributed by atoms with Gasteiger partial charge in [0, 0.05) is 19.1 Å². The highest BCUT2D eigenvalue weighted by Crippen LogP contribution is 2.36. The van der Waals surface area contributed by atoms with Crippen molar-refractivity contribution in [1.29, 1.82) is 0 Å². The van der Waals surface area contributed by atoms with Crippen LogP contribution in [0.1, 0.15) is 58.8 Å². The molecule has 0 atom stereocenters. The summed E-state index contributed by atoms with van der Waals surface area (Å²) in [4.78, 5) is 14.5. The van der Waals surface area contributed by atoms with Crippen molar-refractivity contribution in [2.45, 2.75) is 70.4 Å². The summed E-state index contributed by atoms with van der Waals surface area (Å²) in [6.07, 6.45) is 7.99. The van der Waals surface area contributed by atoms with E-state index in [-0.39, 0.29) is 11.6 Å². The Hall–Kier alpha value is -0.770. The second-order valence-electron chi connectivity index (χ2n) is 6.43. The normalized spacial score (nSPS) is 31.6. The predicted molar refractivity (Wildman–Crippen MR) is 78.0 cm³/mol. The number of urea groups is 1. The molecule has 0 spiro atoms. The van der Waals surface area contributed by atoms with E-state index in [1.807, 2.05) is 4.90 Å². The van der Waals surface area contributed by atoms with E-state index in [4.69, 9.17) is 5.73 Å². The zero-order valence-corrected chi connectivity index (χ0v) is 12.5. The quantitative estimate of drug-likeness (QED) is 0.822. The van der Waals surface area contributed by atoms with Gasteiger partial charge < -0.3 is 16.0 Å². The van der Waals surface area contributed by atoms with Crippen molar-refractivity contribution in [3.05, 3.63) is 0 Å². The topological polar surface area (TPSA) is 58.4 Å². The lowest BCUT2D eigenvalue weighted by Crippen LogP contribution is -2.61. The summed E-state index contributed by atoms with van der Waals surface area (Å²) < 4.78 is 0. The number of hydrogen-bond acceptors (Lipinski definition) is 2. The van der Waals surface area contributed by atoms with Gasteiger partial charge in [0.05, 0.1) is 5.54 Å². The maximum absolute atomic E-state index is 12.5. The molecular formula is C15H29N3O. The second-order valence-corrected chi connectivity index (χ2v) is 6.43. The molecule has 2 fully saturated rings. The minimum Gasteiger partial charge on any atom is -0.335 e. The summed E-state index contributed by atoms with van der Waals surface area (Å²) >= 11 is 0. The number of likely N-dealkylation sites (N-methyl/N-ethyl adjacent to an activating group) is 1. The van der Waals surface area contributed by atoms with Gasteiger partial charge in [-0.3, -0.25) is 0 Å². The maximum atomic E-state index is 12.5. The summed E-state index contributed by atoms with van der Waals surface area (Å²) in [5.41, 5.74) is 5.95. The second kappa shape index (κ2) is 6.12.